The maximum Gasteiger partial charge on any atom is 0.251 e. The third-order valence-corrected chi connectivity index (χ3v) is 7.43. The predicted molar refractivity (Wildman–Crippen MR) is 150 cm³/mol. The van der Waals surface area contributed by atoms with Gasteiger partial charge in [0.15, 0.2) is 5.16 Å². The molecule has 0 saturated carbocycles. The summed E-state index contributed by atoms with van der Waals surface area (Å²) in [7, 11) is 0. The Balaban J connectivity index is 1.49. The summed E-state index contributed by atoms with van der Waals surface area (Å²) in [5.41, 5.74) is 7.63. The highest BCUT2D eigenvalue weighted by atomic mass is 79.9. The summed E-state index contributed by atoms with van der Waals surface area (Å²) in [5, 5.41) is 4.03. The van der Waals surface area contributed by atoms with Crippen molar-refractivity contribution >= 4 is 33.6 Å². The van der Waals surface area contributed by atoms with E-state index < -0.39 is 0 Å². The zero-order chi connectivity index (χ0) is 24.8. The highest BCUT2D eigenvalue weighted by Gasteiger charge is 2.19. The summed E-state index contributed by atoms with van der Waals surface area (Å²) in [6.45, 7) is 7.85. The van der Waals surface area contributed by atoms with Crippen molar-refractivity contribution < 1.29 is 4.79 Å². The van der Waals surface area contributed by atoms with Gasteiger partial charge in [-0.05, 0) is 51.5 Å². The smallest absolute Gasteiger partial charge is 0.251 e. The fraction of sp³-hybridized carbons (Fsp3) is 0.241. The molecule has 0 fully saturated rings. The molecule has 0 unspecified atom stereocenters. The van der Waals surface area contributed by atoms with Crippen LogP contribution >= 0.6 is 27.7 Å². The van der Waals surface area contributed by atoms with Gasteiger partial charge in [0.1, 0.15) is 0 Å². The molecule has 4 nitrogen and oxygen atoms in total. The van der Waals surface area contributed by atoms with Crippen molar-refractivity contribution in [1.82, 2.24) is 14.9 Å². The number of thioether (sulfide) groups is 1. The Morgan fingerprint density at radius 1 is 0.914 bits per heavy atom. The van der Waals surface area contributed by atoms with Gasteiger partial charge in [-0.25, -0.2) is 4.98 Å². The molecule has 0 aliphatic heterocycles. The van der Waals surface area contributed by atoms with Gasteiger partial charge in [-0.3, -0.25) is 4.79 Å². The fourth-order valence-corrected chi connectivity index (χ4v) is 5.16. The van der Waals surface area contributed by atoms with Crippen LogP contribution in [0.5, 0.6) is 0 Å². The van der Waals surface area contributed by atoms with E-state index in [1.807, 2.05) is 24.3 Å². The minimum atomic E-state index is -0.0409. The number of nitrogens with one attached hydrogen (secondary N) is 1. The standard InChI is InChI=1S/C29H30BrN3OS/c1-4-33-27(23-12-8-21(3)9-13-23)26(22-10-6-20(2)7-11-22)32-29(33)35-19-5-18-31-28(34)24-14-16-25(30)17-15-24/h6-17H,4-5,18-19H2,1-3H3,(H,31,34). The van der Waals surface area contributed by atoms with Crippen molar-refractivity contribution in [2.75, 3.05) is 12.3 Å². The molecule has 0 radical (unpaired) electrons. The quantitative estimate of drug-likeness (QED) is 0.174. The number of halogens is 1. The number of hydrogen-bond donors (Lipinski definition) is 1. The maximum atomic E-state index is 12.3. The van der Waals surface area contributed by atoms with Crippen LogP contribution in [0.4, 0.5) is 0 Å². The zero-order valence-corrected chi connectivity index (χ0v) is 22.7. The van der Waals surface area contributed by atoms with Crippen LogP contribution in [0.15, 0.2) is 82.4 Å². The highest BCUT2D eigenvalue weighted by molar-refractivity contribution is 9.10. The number of nitrogens with zero attached hydrogens (tertiary/aromatic N) is 2. The van der Waals surface area contributed by atoms with Crippen molar-refractivity contribution in [3.05, 3.63) is 94.0 Å². The number of amides is 1. The molecule has 1 N–H and O–H groups in total. The molecule has 4 rings (SSSR count). The Kier molecular flexibility index (Phi) is 8.47. The van der Waals surface area contributed by atoms with Crippen LogP contribution in [-0.4, -0.2) is 27.8 Å². The van der Waals surface area contributed by atoms with Crippen LogP contribution in [0.25, 0.3) is 22.5 Å². The van der Waals surface area contributed by atoms with E-state index in [9.17, 15) is 4.79 Å². The van der Waals surface area contributed by atoms with Gasteiger partial charge in [-0.15, -0.1) is 0 Å². The summed E-state index contributed by atoms with van der Waals surface area (Å²) in [5.74, 6) is 0.832. The van der Waals surface area contributed by atoms with Crippen LogP contribution in [0.3, 0.4) is 0 Å². The largest absolute Gasteiger partial charge is 0.352 e. The molecule has 1 aromatic heterocycles. The SMILES string of the molecule is CCn1c(SCCCNC(=O)c2ccc(Br)cc2)nc(-c2ccc(C)cc2)c1-c1ccc(C)cc1. The number of imidazole rings is 1. The molecule has 0 atom stereocenters. The molecule has 0 bridgehead atoms. The van der Waals surface area contributed by atoms with Crippen molar-refractivity contribution in [2.45, 2.75) is 38.9 Å². The summed E-state index contributed by atoms with van der Waals surface area (Å²) in [4.78, 5) is 17.5. The molecular formula is C29H30BrN3OS. The lowest BCUT2D eigenvalue weighted by molar-refractivity contribution is 0.0954. The number of aryl methyl sites for hydroxylation is 2. The maximum absolute atomic E-state index is 12.3. The van der Waals surface area contributed by atoms with E-state index in [2.05, 4.69) is 95.1 Å². The fourth-order valence-electron chi connectivity index (χ4n) is 3.89. The van der Waals surface area contributed by atoms with Gasteiger partial charge in [0, 0.05) is 40.0 Å². The van der Waals surface area contributed by atoms with E-state index in [0.717, 1.165) is 45.3 Å². The van der Waals surface area contributed by atoms with Crippen molar-refractivity contribution in [3.8, 4) is 22.5 Å². The van der Waals surface area contributed by atoms with Gasteiger partial charge in [-0.2, -0.15) is 0 Å². The van der Waals surface area contributed by atoms with Crippen LogP contribution in [-0.2, 0) is 6.54 Å². The Hall–Kier alpha value is -2.83. The van der Waals surface area contributed by atoms with Gasteiger partial charge in [0.2, 0.25) is 0 Å². The first-order chi connectivity index (χ1) is 17.0. The third kappa shape index (κ3) is 6.24. The second-order valence-electron chi connectivity index (χ2n) is 8.53. The average Bonchev–Trinajstić information content (AvgIpc) is 3.23. The topological polar surface area (TPSA) is 46.9 Å². The van der Waals surface area contributed by atoms with Crippen LogP contribution in [0.2, 0.25) is 0 Å². The number of rotatable bonds is 9. The first kappa shape index (κ1) is 25.3. The zero-order valence-electron chi connectivity index (χ0n) is 20.3. The molecule has 180 valence electrons. The lowest BCUT2D eigenvalue weighted by Crippen LogP contribution is -2.24. The first-order valence-corrected chi connectivity index (χ1v) is 13.6. The molecule has 6 heteroatoms. The highest BCUT2D eigenvalue weighted by Crippen LogP contribution is 2.36. The molecule has 35 heavy (non-hydrogen) atoms. The monoisotopic (exact) mass is 547 g/mol. The molecular weight excluding hydrogens is 518 g/mol. The number of hydrogen-bond acceptors (Lipinski definition) is 3. The molecule has 3 aromatic carbocycles. The van der Waals surface area contributed by atoms with E-state index in [1.54, 1.807) is 11.8 Å². The summed E-state index contributed by atoms with van der Waals surface area (Å²) in [6, 6.07) is 24.7. The Labute approximate surface area is 220 Å². The number of benzene rings is 3. The number of aromatic nitrogens is 2. The minimum Gasteiger partial charge on any atom is -0.352 e. The minimum absolute atomic E-state index is 0.0409. The van der Waals surface area contributed by atoms with Gasteiger partial charge in [-0.1, -0.05) is 87.3 Å². The summed E-state index contributed by atoms with van der Waals surface area (Å²) in [6.07, 6.45) is 0.864. The number of carbonyl (C=O) groups excluding carboxylic acids is 1. The van der Waals surface area contributed by atoms with Gasteiger partial charge < -0.3 is 9.88 Å². The number of carbonyl (C=O) groups is 1. The van der Waals surface area contributed by atoms with E-state index >= 15 is 0 Å². The molecule has 0 aliphatic carbocycles. The van der Waals surface area contributed by atoms with Gasteiger partial charge in [0.25, 0.3) is 5.91 Å². The Morgan fingerprint density at radius 3 is 2.11 bits per heavy atom. The molecule has 1 amide bonds. The van der Waals surface area contributed by atoms with E-state index in [4.69, 9.17) is 4.98 Å². The second kappa shape index (κ2) is 11.7. The Morgan fingerprint density at radius 2 is 1.51 bits per heavy atom. The molecule has 0 aliphatic rings. The van der Waals surface area contributed by atoms with Crippen LogP contribution < -0.4 is 5.32 Å². The molecule has 0 spiro atoms. The Bertz CT molecular complexity index is 1280. The van der Waals surface area contributed by atoms with Gasteiger partial charge >= 0.3 is 0 Å². The van der Waals surface area contributed by atoms with Crippen LogP contribution in [0.1, 0.15) is 34.8 Å². The van der Waals surface area contributed by atoms with E-state index in [0.29, 0.717) is 12.1 Å². The van der Waals surface area contributed by atoms with E-state index in [1.165, 1.54) is 16.7 Å². The lowest BCUT2D eigenvalue weighted by atomic mass is 10.0. The van der Waals surface area contributed by atoms with Crippen LogP contribution in [0, 0.1) is 13.8 Å². The van der Waals surface area contributed by atoms with Crippen molar-refractivity contribution in [3.63, 3.8) is 0 Å². The lowest BCUT2D eigenvalue weighted by Gasteiger charge is -2.11. The van der Waals surface area contributed by atoms with E-state index in [-0.39, 0.29) is 5.91 Å². The van der Waals surface area contributed by atoms with Crippen molar-refractivity contribution in [1.29, 1.82) is 0 Å². The van der Waals surface area contributed by atoms with Crippen molar-refractivity contribution in [2.24, 2.45) is 0 Å². The van der Waals surface area contributed by atoms with Gasteiger partial charge in [0.05, 0.1) is 11.4 Å². The summed E-state index contributed by atoms with van der Waals surface area (Å²) < 4.78 is 3.28. The average molecular weight is 549 g/mol. The molecule has 0 saturated heterocycles. The molecule has 4 aromatic rings. The first-order valence-electron chi connectivity index (χ1n) is 11.9. The normalized spacial score (nSPS) is 11.0. The molecule has 1 heterocycles. The third-order valence-electron chi connectivity index (χ3n) is 5.84. The second-order valence-corrected chi connectivity index (χ2v) is 10.5. The summed E-state index contributed by atoms with van der Waals surface area (Å²) >= 11 is 5.15. The predicted octanol–water partition coefficient (Wildman–Crippen LogP) is 7.53.